The highest BCUT2D eigenvalue weighted by Gasteiger charge is 2.17. The highest BCUT2D eigenvalue weighted by molar-refractivity contribution is 9.10. The fourth-order valence-electron chi connectivity index (χ4n) is 1.70. The number of halogens is 2. The van der Waals surface area contributed by atoms with Crippen LogP contribution in [0.3, 0.4) is 0 Å². The predicted octanol–water partition coefficient (Wildman–Crippen LogP) is 3.59. The first-order chi connectivity index (χ1) is 10.9. The van der Waals surface area contributed by atoms with E-state index in [2.05, 4.69) is 42.4 Å². The van der Waals surface area contributed by atoms with E-state index in [4.69, 9.17) is 0 Å². The molecule has 2 N–H and O–H groups in total. The molecular formula is C14H9Br2N3O4. The van der Waals surface area contributed by atoms with Gasteiger partial charge in [-0.2, -0.15) is 5.10 Å². The van der Waals surface area contributed by atoms with Crippen LogP contribution in [0.4, 0.5) is 5.69 Å². The number of hydrazone groups is 1. The Bertz CT molecular complexity index is 809. The Kier molecular flexibility index (Phi) is 5.45. The summed E-state index contributed by atoms with van der Waals surface area (Å²) in [6.45, 7) is 0. The SMILES string of the molecule is O=C(NN=Cc1cc(Br)cc([N+](=O)[O-])c1O)c1cccc(Br)c1. The molecule has 0 saturated heterocycles. The van der Waals surface area contributed by atoms with Crippen LogP contribution in [0.5, 0.6) is 5.75 Å². The van der Waals surface area contributed by atoms with Gasteiger partial charge < -0.3 is 5.11 Å². The van der Waals surface area contributed by atoms with Gasteiger partial charge in [0.2, 0.25) is 5.75 Å². The van der Waals surface area contributed by atoms with Crippen molar-refractivity contribution in [1.82, 2.24) is 5.43 Å². The lowest BCUT2D eigenvalue weighted by Crippen LogP contribution is -2.17. The van der Waals surface area contributed by atoms with Crippen molar-refractivity contribution in [3.8, 4) is 5.75 Å². The molecule has 0 aliphatic rings. The number of amides is 1. The summed E-state index contributed by atoms with van der Waals surface area (Å²) in [5, 5.41) is 24.4. The number of aromatic hydroxyl groups is 1. The fraction of sp³-hybridized carbons (Fsp3) is 0. The molecule has 23 heavy (non-hydrogen) atoms. The molecule has 0 saturated carbocycles. The first-order valence-electron chi connectivity index (χ1n) is 6.14. The van der Waals surface area contributed by atoms with Gasteiger partial charge in [0.25, 0.3) is 5.91 Å². The monoisotopic (exact) mass is 441 g/mol. The number of nitrogens with one attached hydrogen (secondary N) is 1. The lowest BCUT2D eigenvalue weighted by atomic mass is 10.2. The highest BCUT2D eigenvalue weighted by atomic mass is 79.9. The maximum Gasteiger partial charge on any atom is 0.312 e. The van der Waals surface area contributed by atoms with Gasteiger partial charge in [-0.3, -0.25) is 14.9 Å². The van der Waals surface area contributed by atoms with Gasteiger partial charge in [-0.25, -0.2) is 5.43 Å². The molecule has 0 aliphatic carbocycles. The molecule has 0 heterocycles. The second kappa shape index (κ2) is 7.34. The standard InChI is InChI=1S/C14H9Br2N3O4/c15-10-3-1-2-8(4-10)14(21)18-17-7-9-5-11(16)6-12(13(9)20)19(22)23/h1-7,20H,(H,18,21). The third kappa shape index (κ3) is 4.36. The lowest BCUT2D eigenvalue weighted by Gasteiger charge is -2.02. The smallest absolute Gasteiger partial charge is 0.312 e. The van der Waals surface area contributed by atoms with Gasteiger partial charge in [0.15, 0.2) is 0 Å². The zero-order valence-corrected chi connectivity index (χ0v) is 14.5. The van der Waals surface area contributed by atoms with E-state index in [1.165, 1.54) is 12.1 Å². The number of rotatable bonds is 4. The van der Waals surface area contributed by atoms with Crippen molar-refractivity contribution in [2.24, 2.45) is 5.10 Å². The van der Waals surface area contributed by atoms with Crippen LogP contribution in [-0.4, -0.2) is 22.2 Å². The van der Waals surface area contributed by atoms with E-state index in [0.717, 1.165) is 10.7 Å². The van der Waals surface area contributed by atoms with Crippen molar-refractivity contribution in [2.75, 3.05) is 0 Å². The number of nitro groups is 1. The van der Waals surface area contributed by atoms with Crippen molar-refractivity contribution >= 4 is 49.7 Å². The minimum Gasteiger partial charge on any atom is -0.502 e. The van der Waals surface area contributed by atoms with Crippen LogP contribution >= 0.6 is 31.9 Å². The summed E-state index contributed by atoms with van der Waals surface area (Å²) in [6.07, 6.45) is 1.13. The van der Waals surface area contributed by atoms with Gasteiger partial charge >= 0.3 is 5.69 Å². The summed E-state index contributed by atoms with van der Waals surface area (Å²) < 4.78 is 1.15. The molecule has 0 atom stereocenters. The van der Waals surface area contributed by atoms with Crippen LogP contribution in [0, 0.1) is 10.1 Å². The number of benzene rings is 2. The van der Waals surface area contributed by atoms with E-state index in [1.54, 1.807) is 24.3 Å². The molecule has 7 nitrogen and oxygen atoms in total. The number of carbonyl (C=O) groups excluding carboxylic acids is 1. The van der Waals surface area contributed by atoms with E-state index in [9.17, 15) is 20.0 Å². The van der Waals surface area contributed by atoms with Crippen LogP contribution in [0.15, 0.2) is 50.4 Å². The summed E-state index contributed by atoms with van der Waals surface area (Å²) in [7, 11) is 0. The van der Waals surface area contributed by atoms with Crippen LogP contribution in [-0.2, 0) is 0 Å². The summed E-state index contributed by atoms with van der Waals surface area (Å²) >= 11 is 6.37. The molecular weight excluding hydrogens is 434 g/mol. The van der Waals surface area contributed by atoms with Crippen LogP contribution in [0.1, 0.15) is 15.9 Å². The molecule has 2 rings (SSSR count). The molecule has 0 spiro atoms. The zero-order chi connectivity index (χ0) is 17.0. The van der Waals surface area contributed by atoms with E-state index in [1.807, 2.05) is 0 Å². The largest absolute Gasteiger partial charge is 0.502 e. The molecule has 1 amide bonds. The van der Waals surface area contributed by atoms with E-state index in [-0.39, 0.29) is 5.56 Å². The highest BCUT2D eigenvalue weighted by Crippen LogP contribution is 2.32. The van der Waals surface area contributed by atoms with Gasteiger partial charge in [-0.1, -0.05) is 37.9 Å². The number of nitro benzene ring substituents is 1. The van der Waals surface area contributed by atoms with E-state index in [0.29, 0.717) is 10.0 Å². The Balaban J connectivity index is 2.18. The summed E-state index contributed by atoms with van der Waals surface area (Å²) in [5.41, 5.74) is 2.31. The van der Waals surface area contributed by atoms with E-state index >= 15 is 0 Å². The Morgan fingerprint density at radius 3 is 2.65 bits per heavy atom. The Labute approximate surface area is 147 Å². The number of nitrogens with zero attached hydrogens (tertiary/aromatic N) is 2. The molecule has 0 bridgehead atoms. The average molecular weight is 443 g/mol. The second-order valence-corrected chi connectivity index (χ2v) is 6.16. The molecule has 0 fully saturated rings. The maximum atomic E-state index is 11.9. The predicted molar refractivity (Wildman–Crippen MR) is 91.7 cm³/mol. The first kappa shape index (κ1) is 17.1. The Morgan fingerprint density at radius 1 is 1.26 bits per heavy atom. The average Bonchev–Trinajstić information content (AvgIpc) is 2.49. The number of carbonyl (C=O) groups is 1. The van der Waals surface area contributed by atoms with Crippen LogP contribution in [0.25, 0.3) is 0 Å². The number of hydrogen-bond donors (Lipinski definition) is 2. The Hall–Kier alpha value is -2.26. The Morgan fingerprint density at radius 2 is 2.00 bits per heavy atom. The fourth-order valence-corrected chi connectivity index (χ4v) is 2.56. The minimum absolute atomic E-state index is 0.0978. The maximum absolute atomic E-state index is 11.9. The first-order valence-corrected chi connectivity index (χ1v) is 7.73. The van der Waals surface area contributed by atoms with Gasteiger partial charge in [-0.05, 0) is 24.3 Å². The third-order valence-electron chi connectivity index (χ3n) is 2.74. The van der Waals surface area contributed by atoms with Crippen molar-refractivity contribution in [3.05, 3.63) is 66.6 Å². The van der Waals surface area contributed by atoms with Crippen LogP contribution < -0.4 is 5.43 Å². The number of phenolic OH excluding ortho intramolecular Hbond substituents is 1. The van der Waals surface area contributed by atoms with Crippen molar-refractivity contribution in [1.29, 1.82) is 0 Å². The normalized spacial score (nSPS) is 10.7. The van der Waals surface area contributed by atoms with Crippen molar-refractivity contribution < 1.29 is 14.8 Å². The molecule has 0 unspecified atom stereocenters. The van der Waals surface area contributed by atoms with Crippen molar-refractivity contribution in [2.45, 2.75) is 0 Å². The molecule has 2 aromatic rings. The second-order valence-electron chi connectivity index (χ2n) is 4.33. The zero-order valence-electron chi connectivity index (χ0n) is 11.4. The summed E-state index contributed by atoms with van der Waals surface area (Å²) in [4.78, 5) is 22.0. The van der Waals surface area contributed by atoms with Gasteiger partial charge in [0.05, 0.1) is 11.1 Å². The molecule has 0 aliphatic heterocycles. The number of hydrogen-bond acceptors (Lipinski definition) is 5. The molecule has 118 valence electrons. The quantitative estimate of drug-likeness (QED) is 0.428. The topological polar surface area (TPSA) is 105 Å². The van der Waals surface area contributed by atoms with Gasteiger partial charge in [0.1, 0.15) is 0 Å². The van der Waals surface area contributed by atoms with Crippen molar-refractivity contribution in [3.63, 3.8) is 0 Å². The molecule has 2 aromatic carbocycles. The third-order valence-corrected chi connectivity index (χ3v) is 3.69. The summed E-state index contributed by atoms with van der Waals surface area (Å²) in [6, 6.07) is 9.32. The number of phenols is 1. The van der Waals surface area contributed by atoms with Gasteiger partial charge in [0, 0.05) is 26.1 Å². The van der Waals surface area contributed by atoms with Crippen LogP contribution in [0.2, 0.25) is 0 Å². The summed E-state index contributed by atoms with van der Waals surface area (Å²) in [5.74, 6) is -0.981. The van der Waals surface area contributed by atoms with E-state index < -0.39 is 22.3 Å². The molecule has 0 radical (unpaired) electrons. The molecule has 9 heteroatoms. The minimum atomic E-state index is -0.711. The molecule has 0 aromatic heterocycles. The lowest BCUT2D eigenvalue weighted by molar-refractivity contribution is -0.385. The van der Waals surface area contributed by atoms with Gasteiger partial charge in [-0.15, -0.1) is 0 Å².